The molecule has 240 valence electrons. The molecular weight excluding hydrogens is 586 g/mol. The Labute approximate surface area is 276 Å². The fraction of sp³-hybridized carbons (Fsp3) is 0.225. The molecule has 7 nitrogen and oxygen atoms in total. The Morgan fingerprint density at radius 3 is 1.79 bits per heavy atom. The van der Waals surface area contributed by atoms with Gasteiger partial charge in [-0.3, -0.25) is 4.90 Å². The maximum Gasteiger partial charge on any atom is 0.319 e. The van der Waals surface area contributed by atoms with Crippen LogP contribution in [0, 0.1) is 0 Å². The van der Waals surface area contributed by atoms with E-state index in [-0.39, 0.29) is 24.8 Å². The van der Waals surface area contributed by atoms with E-state index in [4.69, 9.17) is 9.47 Å². The molecule has 1 saturated heterocycles. The molecule has 0 radical (unpaired) electrons. The van der Waals surface area contributed by atoms with Crippen LogP contribution in [-0.4, -0.2) is 28.7 Å². The Kier molecular flexibility index (Phi) is 11.1. The van der Waals surface area contributed by atoms with E-state index in [0.29, 0.717) is 18.7 Å². The number of anilines is 1. The lowest BCUT2D eigenvalue weighted by Gasteiger charge is -2.38. The minimum absolute atomic E-state index is 0.00123. The number of hydrogen-bond donors (Lipinski definition) is 3. The van der Waals surface area contributed by atoms with Crippen LogP contribution in [0.15, 0.2) is 140 Å². The Hall–Kier alpha value is -4.79. The predicted octanol–water partition coefficient (Wildman–Crippen LogP) is 7.75. The maximum absolute atomic E-state index is 12.5. The van der Waals surface area contributed by atoms with E-state index >= 15 is 0 Å². The molecule has 1 fully saturated rings. The van der Waals surface area contributed by atoms with Gasteiger partial charge in [-0.25, -0.2) is 4.79 Å². The second-order valence-corrected chi connectivity index (χ2v) is 11.9. The first-order chi connectivity index (χ1) is 23.1. The van der Waals surface area contributed by atoms with Crippen LogP contribution >= 0.6 is 0 Å². The largest absolute Gasteiger partial charge is 0.392 e. The predicted molar refractivity (Wildman–Crippen MR) is 184 cm³/mol. The smallest absolute Gasteiger partial charge is 0.319 e. The molecular formula is C40H41N3O4. The van der Waals surface area contributed by atoms with E-state index in [1.165, 1.54) is 11.1 Å². The average molecular weight is 628 g/mol. The highest BCUT2D eigenvalue weighted by molar-refractivity contribution is 5.89. The van der Waals surface area contributed by atoms with Gasteiger partial charge in [-0.1, -0.05) is 127 Å². The van der Waals surface area contributed by atoms with Crippen LogP contribution in [-0.2, 0) is 35.7 Å². The van der Waals surface area contributed by atoms with Gasteiger partial charge in [0.15, 0.2) is 6.29 Å². The van der Waals surface area contributed by atoms with Gasteiger partial charge >= 0.3 is 6.03 Å². The number of carbonyl (C=O) groups excluding carboxylic acids is 1. The molecule has 5 aromatic rings. The highest BCUT2D eigenvalue weighted by atomic mass is 16.7. The third-order valence-electron chi connectivity index (χ3n) is 8.31. The molecule has 7 heteroatoms. The zero-order chi connectivity index (χ0) is 32.3. The van der Waals surface area contributed by atoms with Crippen molar-refractivity contribution in [1.29, 1.82) is 0 Å². The molecule has 0 aromatic heterocycles. The first-order valence-corrected chi connectivity index (χ1v) is 16.1. The normalized spacial score (nSPS) is 17.7. The molecule has 0 bridgehead atoms. The highest BCUT2D eigenvalue weighted by Crippen LogP contribution is 2.38. The van der Waals surface area contributed by atoms with Gasteiger partial charge in [0.2, 0.25) is 0 Å². The summed E-state index contributed by atoms with van der Waals surface area (Å²) in [4.78, 5) is 15.0. The van der Waals surface area contributed by atoms with Crippen LogP contribution in [0.25, 0.3) is 0 Å². The van der Waals surface area contributed by atoms with Crippen molar-refractivity contribution in [2.75, 3.05) is 11.9 Å². The van der Waals surface area contributed by atoms with E-state index in [1.807, 2.05) is 91.0 Å². The molecule has 1 aliphatic heterocycles. The lowest BCUT2D eigenvalue weighted by Crippen LogP contribution is -2.39. The second-order valence-electron chi connectivity index (χ2n) is 11.9. The molecule has 47 heavy (non-hydrogen) atoms. The van der Waals surface area contributed by atoms with Crippen LogP contribution in [0.1, 0.15) is 52.2 Å². The van der Waals surface area contributed by atoms with Gasteiger partial charge in [0.05, 0.1) is 18.8 Å². The summed E-state index contributed by atoms with van der Waals surface area (Å²) in [6.07, 6.45) is -0.197. The van der Waals surface area contributed by atoms with Crippen molar-refractivity contribution < 1.29 is 19.4 Å². The minimum atomic E-state index is -0.590. The number of nitrogens with one attached hydrogen (secondary N) is 2. The Morgan fingerprint density at radius 1 is 0.660 bits per heavy atom. The van der Waals surface area contributed by atoms with Gasteiger partial charge in [0.1, 0.15) is 0 Å². The number of nitrogens with zero attached hydrogens (tertiary/aromatic N) is 1. The lowest BCUT2D eigenvalue weighted by atomic mass is 9.99. The summed E-state index contributed by atoms with van der Waals surface area (Å²) < 4.78 is 13.3. The molecule has 0 spiro atoms. The zero-order valence-corrected chi connectivity index (χ0v) is 26.4. The summed E-state index contributed by atoms with van der Waals surface area (Å²) in [5, 5.41) is 15.4. The fourth-order valence-electron chi connectivity index (χ4n) is 5.87. The van der Waals surface area contributed by atoms with E-state index in [0.717, 1.165) is 41.9 Å². The van der Waals surface area contributed by atoms with Crippen LogP contribution in [0.4, 0.5) is 10.5 Å². The Morgan fingerprint density at radius 2 is 1.21 bits per heavy atom. The molecule has 0 saturated carbocycles. The van der Waals surface area contributed by atoms with Crippen LogP contribution in [0.3, 0.4) is 0 Å². The SMILES string of the molecule is O=C(NCc1ccccc1)Nc1ccc([C@H]2O[C@@H](CN(Cc3ccccc3)Cc3ccccc3)C[C@@H](c3ccc(CO)cc3)O2)cc1. The van der Waals surface area contributed by atoms with Crippen LogP contribution in [0.5, 0.6) is 0 Å². The standard InChI is InChI=1S/C40H41N3O4/c44-29-33-16-18-34(19-17-33)38-24-37(28-43(26-31-12-6-2-7-13-31)27-32-14-8-3-9-15-32)46-39(47-38)35-20-22-36(23-21-35)42-40(45)41-25-30-10-4-1-5-11-30/h1-23,37-39,44H,24-29H2,(H2,41,42,45)/t37-,38+,39+/m1/s1. The number of urea groups is 1. The number of aliphatic hydroxyl groups is 1. The minimum Gasteiger partial charge on any atom is -0.392 e. The van der Waals surface area contributed by atoms with Crippen molar-refractivity contribution in [3.63, 3.8) is 0 Å². The van der Waals surface area contributed by atoms with E-state index < -0.39 is 6.29 Å². The summed E-state index contributed by atoms with van der Waals surface area (Å²) in [6, 6.07) is 46.2. The summed E-state index contributed by atoms with van der Waals surface area (Å²) >= 11 is 0. The van der Waals surface area contributed by atoms with Gasteiger partial charge in [0.25, 0.3) is 0 Å². The van der Waals surface area contributed by atoms with Crippen molar-refractivity contribution in [2.45, 2.75) is 51.2 Å². The maximum atomic E-state index is 12.5. The molecule has 6 rings (SSSR count). The number of ether oxygens (including phenoxy) is 2. The second kappa shape index (κ2) is 16.2. The van der Waals surface area contributed by atoms with Gasteiger partial charge < -0.3 is 25.2 Å². The Balaban J connectivity index is 1.18. The van der Waals surface area contributed by atoms with Crippen molar-refractivity contribution in [3.05, 3.63) is 173 Å². The third kappa shape index (κ3) is 9.37. The van der Waals surface area contributed by atoms with E-state index in [2.05, 4.69) is 64.1 Å². The molecule has 1 heterocycles. The molecule has 0 unspecified atom stereocenters. The van der Waals surface area contributed by atoms with Crippen molar-refractivity contribution >= 4 is 11.7 Å². The average Bonchev–Trinajstić information content (AvgIpc) is 3.12. The fourth-order valence-corrected chi connectivity index (χ4v) is 5.87. The number of rotatable bonds is 12. The topological polar surface area (TPSA) is 83.1 Å². The molecule has 5 aromatic carbocycles. The van der Waals surface area contributed by atoms with E-state index in [1.54, 1.807) is 0 Å². The van der Waals surface area contributed by atoms with Crippen molar-refractivity contribution in [3.8, 4) is 0 Å². The molecule has 1 aliphatic rings. The van der Waals surface area contributed by atoms with Crippen LogP contribution < -0.4 is 10.6 Å². The lowest BCUT2D eigenvalue weighted by molar-refractivity contribution is -0.253. The number of amides is 2. The monoisotopic (exact) mass is 627 g/mol. The van der Waals surface area contributed by atoms with Gasteiger partial charge in [-0.2, -0.15) is 0 Å². The number of hydrogen-bond acceptors (Lipinski definition) is 5. The molecule has 3 N–H and O–H groups in total. The number of benzene rings is 5. The summed E-state index contributed by atoms with van der Waals surface area (Å²) in [5.74, 6) is 0. The van der Waals surface area contributed by atoms with Gasteiger partial charge in [-0.15, -0.1) is 0 Å². The van der Waals surface area contributed by atoms with Crippen LogP contribution in [0.2, 0.25) is 0 Å². The zero-order valence-electron chi connectivity index (χ0n) is 26.4. The number of aliphatic hydroxyl groups excluding tert-OH is 1. The quantitative estimate of drug-likeness (QED) is 0.132. The van der Waals surface area contributed by atoms with Gasteiger partial charge in [0, 0.05) is 43.9 Å². The number of carbonyl (C=O) groups is 1. The molecule has 2 amide bonds. The molecule has 0 aliphatic carbocycles. The van der Waals surface area contributed by atoms with Crippen molar-refractivity contribution in [2.24, 2.45) is 0 Å². The van der Waals surface area contributed by atoms with Crippen molar-refractivity contribution in [1.82, 2.24) is 10.2 Å². The summed E-state index contributed by atoms with van der Waals surface area (Å²) in [6.45, 7) is 2.75. The summed E-state index contributed by atoms with van der Waals surface area (Å²) in [7, 11) is 0. The first kappa shape index (κ1) is 32.2. The third-order valence-corrected chi connectivity index (χ3v) is 8.31. The first-order valence-electron chi connectivity index (χ1n) is 16.1. The summed E-state index contributed by atoms with van der Waals surface area (Å²) in [5.41, 5.74) is 7.00. The molecule has 3 atom stereocenters. The van der Waals surface area contributed by atoms with E-state index in [9.17, 15) is 9.90 Å². The van der Waals surface area contributed by atoms with Gasteiger partial charge in [-0.05, 0) is 39.9 Å². The Bertz CT molecular complexity index is 1630. The highest BCUT2D eigenvalue weighted by Gasteiger charge is 2.33.